The second-order valence-electron chi connectivity index (χ2n) is 5.74. The maximum Gasteiger partial charge on any atom is 0.312 e. The molecule has 0 aliphatic carbocycles. The third-order valence-electron chi connectivity index (χ3n) is 4.33. The van der Waals surface area contributed by atoms with Crippen molar-refractivity contribution in [2.45, 2.75) is 26.3 Å². The Kier molecular flexibility index (Phi) is 10.1. The van der Waals surface area contributed by atoms with E-state index < -0.39 is 4.92 Å². The molecule has 1 aliphatic rings. The van der Waals surface area contributed by atoms with Gasteiger partial charge in [0.1, 0.15) is 0 Å². The number of nitrogens with zero attached hydrogens (tertiary/aromatic N) is 2. The molecule has 0 bridgehead atoms. The number of benzene rings is 1. The zero-order valence-electron chi connectivity index (χ0n) is 13.7. The summed E-state index contributed by atoms with van der Waals surface area (Å²) in [4.78, 5) is 12.9. The molecule has 1 fully saturated rings. The highest BCUT2D eigenvalue weighted by Gasteiger charge is 2.31. The van der Waals surface area contributed by atoms with Gasteiger partial charge in [-0.25, -0.2) is 0 Å². The van der Waals surface area contributed by atoms with E-state index in [2.05, 4.69) is 40.0 Å². The van der Waals surface area contributed by atoms with Gasteiger partial charge in [0.15, 0.2) is 5.75 Å². The lowest BCUT2D eigenvalue weighted by Crippen LogP contribution is -2.46. The molecule has 138 valence electrons. The Hall–Kier alpha value is -0.600. The number of phenolic OH excluding ortho intramolecular Hbond substituents is 1. The summed E-state index contributed by atoms with van der Waals surface area (Å²) in [7, 11) is 0. The van der Waals surface area contributed by atoms with Crippen molar-refractivity contribution in [3.05, 3.63) is 32.3 Å². The molecule has 6 nitrogen and oxygen atoms in total. The first kappa shape index (κ1) is 23.4. The largest absolute Gasteiger partial charge is 0.502 e. The highest BCUT2D eigenvalue weighted by atomic mass is 79.9. The van der Waals surface area contributed by atoms with Gasteiger partial charge in [-0.2, -0.15) is 0 Å². The molecule has 0 aromatic heterocycles. The van der Waals surface area contributed by atoms with E-state index in [1.54, 1.807) is 6.07 Å². The summed E-state index contributed by atoms with van der Waals surface area (Å²) in [5, 5.41) is 24.9. The maximum absolute atomic E-state index is 11.2. The summed E-state index contributed by atoms with van der Waals surface area (Å²) in [6.45, 7) is 7.75. The Balaban J connectivity index is 0.00000264. The molecule has 0 amide bonds. The van der Waals surface area contributed by atoms with E-state index in [0.717, 1.165) is 32.6 Å². The molecule has 2 atom stereocenters. The number of hydrogen-bond donors (Lipinski definition) is 2. The topological polar surface area (TPSA) is 78.6 Å². The second-order valence-corrected chi connectivity index (χ2v) is 6.65. The molecule has 1 saturated heterocycles. The lowest BCUT2D eigenvalue weighted by molar-refractivity contribution is -0.386. The minimum absolute atomic E-state index is 0. The Bertz CT molecular complexity index is 557. The molecule has 9 heteroatoms. The third-order valence-corrected chi connectivity index (χ3v) is 4.79. The number of aromatic hydroxyl groups is 1. The Morgan fingerprint density at radius 1 is 1.38 bits per heavy atom. The minimum atomic E-state index is -0.533. The van der Waals surface area contributed by atoms with E-state index in [9.17, 15) is 15.2 Å². The van der Waals surface area contributed by atoms with Crippen molar-refractivity contribution in [1.29, 1.82) is 0 Å². The molecule has 0 spiro atoms. The van der Waals surface area contributed by atoms with Crippen molar-refractivity contribution in [3.63, 3.8) is 0 Å². The molecular formula is C15H24BrCl2N3O3. The van der Waals surface area contributed by atoms with Crippen LogP contribution < -0.4 is 5.32 Å². The van der Waals surface area contributed by atoms with Crippen molar-refractivity contribution in [2.24, 2.45) is 5.92 Å². The first-order valence-corrected chi connectivity index (χ1v) is 8.36. The van der Waals surface area contributed by atoms with Gasteiger partial charge in [0.2, 0.25) is 0 Å². The number of piperazine rings is 1. The molecule has 1 aromatic rings. The fraction of sp³-hybridized carbons (Fsp3) is 0.600. The lowest BCUT2D eigenvalue weighted by atomic mass is 9.89. The number of nitro groups is 1. The number of rotatable bonds is 5. The average molecular weight is 445 g/mol. The van der Waals surface area contributed by atoms with Crippen LogP contribution in [0.25, 0.3) is 0 Å². The molecule has 0 radical (unpaired) electrons. The van der Waals surface area contributed by atoms with E-state index >= 15 is 0 Å². The highest BCUT2D eigenvalue weighted by molar-refractivity contribution is 9.10. The molecule has 2 N–H and O–H groups in total. The predicted molar refractivity (Wildman–Crippen MR) is 104 cm³/mol. The fourth-order valence-electron chi connectivity index (χ4n) is 3.02. The van der Waals surface area contributed by atoms with Crippen molar-refractivity contribution < 1.29 is 10.0 Å². The molecule has 1 unspecified atom stereocenters. The van der Waals surface area contributed by atoms with Crippen LogP contribution in [0.15, 0.2) is 16.6 Å². The number of nitrogens with one attached hydrogen (secondary N) is 1. The van der Waals surface area contributed by atoms with E-state index in [-0.39, 0.29) is 48.2 Å². The number of nitro benzene ring substituents is 1. The van der Waals surface area contributed by atoms with Crippen LogP contribution in [-0.4, -0.2) is 41.1 Å². The van der Waals surface area contributed by atoms with Crippen molar-refractivity contribution in [1.82, 2.24) is 10.2 Å². The molecule has 2 rings (SSSR count). The predicted octanol–water partition coefficient (Wildman–Crippen LogP) is 3.90. The third kappa shape index (κ3) is 5.20. The zero-order chi connectivity index (χ0) is 16.3. The van der Waals surface area contributed by atoms with Gasteiger partial charge in [-0.1, -0.05) is 36.2 Å². The molecule has 0 saturated carbocycles. The van der Waals surface area contributed by atoms with E-state index in [0.29, 0.717) is 10.0 Å². The zero-order valence-corrected chi connectivity index (χ0v) is 16.9. The Morgan fingerprint density at radius 3 is 2.46 bits per heavy atom. The van der Waals surface area contributed by atoms with Crippen LogP contribution in [0.2, 0.25) is 0 Å². The van der Waals surface area contributed by atoms with Crippen LogP contribution in [0.1, 0.15) is 31.9 Å². The van der Waals surface area contributed by atoms with Crippen LogP contribution in [0, 0.1) is 16.0 Å². The van der Waals surface area contributed by atoms with Gasteiger partial charge in [0.05, 0.1) is 4.92 Å². The van der Waals surface area contributed by atoms with Crippen LogP contribution in [0.5, 0.6) is 5.75 Å². The molecular weight excluding hydrogens is 421 g/mol. The Morgan fingerprint density at radius 2 is 1.96 bits per heavy atom. The van der Waals surface area contributed by atoms with Gasteiger partial charge in [-0.05, 0) is 12.0 Å². The van der Waals surface area contributed by atoms with Gasteiger partial charge in [0, 0.05) is 48.3 Å². The van der Waals surface area contributed by atoms with Gasteiger partial charge < -0.3 is 10.4 Å². The van der Waals surface area contributed by atoms with Crippen molar-refractivity contribution in [3.8, 4) is 5.75 Å². The summed E-state index contributed by atoms with van der Waals surface area (Å²) in [5.74, 6) is 0.0786. The number of hydrogen-bond acceptors (Lipinski definition) is 5. The summed E-state index contributed by atoms with van der Waals surface area (Å²) < 4.78 is 0.621. The van der Waals surface area contributed by atoms with Crippen LogP contribution in [0.3, 0.4) is 0 Å². The maximum atomic E-state index is 11.2. The minimum Gasteiger partial charge on any atom is -0.502 e. The van der Waals surface area contributed by atoms with Gasteiger partial charge >= 0.3 is 5.69 Å². The van der Waals surface area contributed by atoms with Crippen LogP contribution in [-0.2, 0) is 0 Å². The molecule has 1 heterocycles. The summed E-state index contributed by atoms with van der Waals surface area (Å²) in [5.41, 5.74) is 0.394. The average Bonchev–Trinajstić information content (AvgIpc) is 2.51. The molecule has 24 heavy (non-hydrogen) atoms. The van der Waals surface area contributed by atoms with E-state index in [1.807, 2.05) is 0 Å². The highest BCUT2D eigenvalue weighted by Crippen LogP contribution is 2.42. The standard InChI is InChI=1S/C15H22BrN3O3.2ClH/c1-3-10(2)14(18-6-4-17-5-7-18)12-8-11(16)9-13(15(12)20)19(21)22;;/h8-10,14,17,20H,3-7H2,1-2H3;2*1H/t10?,14-;;/m0../s1. The first-order chi connectivity index (χ1) is 10.5. The van der Waals surface area contributed by atoms with E-state index in [4.69, 9.17) is 0 Å². The SMILES string of the molecule is CCC(C)[C@@H](c1cc(Br)cc([N+](=O)[O-])c1O)N1CCNCC1.Cl.Cl. The summed E-state index contributed by atoms with van der Waals surface area (Å²) in [6.07, 6.45) is 0.939. The number of halogens is 3. The summed E-state index contributed by atoms with van der Waals surface area (Å²) in [6, 6.07) is 3.13. The van der Waals surface area contributed by atoms with Crippen molar-refractivity contribution >= 4 is 46.4 Å². The molecule has 1 aromatic carbocycles. The monoisotopic (exact) mass is 443 g/mol. The van der Waals surface area contributed by atoms with Gasteiger partial charge in [0.25, 0.3) is 0 Å². The second kappa shape index (κ2) is 10.4. The lowest BCUT2D eigenvalue weighted by Gasteiger charge is -2.38. The quantitative estimate of drug-likeness (QED) is 0.531. The normalized spacial score (nSPS) is 17.3. The summed E-state index contributed by atoms with van der Waals surface area (Å²) >= 11 is 3.33. The van der Waals surface area contributed by atoms with Gasteiger partial charge in [-0.15, -0.1) is 24.8 Å². The van der Waals surface area contributed by atoms with Crippen LogP contribution in [0.4, 0.5) is 5.69 Å². The van der Waals surface area contributed by atoms with Gasteiger partial charge in [-0.3, -0.25) is 15.0 Å². The van der Waals surface area contributed by atoms with Crippen LogP contribution >= 0.6 is 40.7 Å². The first-order valence-electron chi connectivity index (χ1n) is 7.57. The number of phenols is 1. The molecule has 1 aliphatic heterocycles. The van der Waals surface area contributed by atoms with E-state index in [1.165, 1.54) is 6.07 Å². The fourth-order valence-corrected chi connectivity index (χ4v) is 3.48. The Labute approximate surface area is 163 Å². The van der Waals surface area contributed by atoms with Crippen molar-refractivity contribution in [2.75, 3.05) is 26.2 Å². The smallest absolute Gasteiger partial charge is 0.312 e.